The Morgan fingerprint density at radius 3 is 2.33 bits per heavy atom. The van der Waals surface area contributed by atoms with Crippen molar-refractivity contribution in [1.82, 2.24) is 5.32 Å². The van der Waals surface area contributed by atoms with Crippen molar-refractivity contribution in [2.24, 2.45) is 5.73 Å². The van der Waals surface area contributed by atoms with Crippen LogP contribution in [-0.4, -0.2) is 28.9 Å². The molecule has 6 nitrogen and oxygen atoms in total. The number of hydrogen-bond donors (Lipinski definition) is 3. The van der Waals surface area contributed by atoms with Gasteiger partial charge in [0.25, 0.3) is 0 Å². The minimum Gasteiger partial charge on any atom is -0.481 e. The van der Waals surface area contributed by atoms with Crippen LogP contribution in [0.2, 0.25) is 0 Å². The molecule has 4 N–H and O–H groups in total. The number of carboxylic acid groups (broad SMARTS) is 1. The van der Waals surface area contributed by atoms with Crippen LogP contribution in [-0.2, 0) is 19.8 Å². The van der Waals surface area contributed by atoms with E-state index in [1.807, 2.05) is 0 Å². The van der Waals surface area contributed by atoms with Gasteiger partial charge in [-0.2, -0.15) is 0 Å². The molecule has 0 aliphatic carbocycles. The number of carbonyl (C=O) groups excluding carboxylic acids is 2. The second-order valence-electron chi connectivity index (χ2n) is 5.32. The van der Waals surface area contributed by atoms with Crippen molar-refractivity contribution in [2.75, 3.05) is 0 Å². The van der Waals surface area contributed by atoms with Gasteiger partial charge in [0.05, 0.1) is 5.41 Å². The van der Waals surface area contributed by atoms with Gasteiger partial charge < -0.3 is 16.2 Å². The fourth-order valence-electron chi connectivity index (χ4n) is 2.11. The summed E-state index contributed by atoms with van der Waals surface area (Å²) < 4.78 is 0. The third kappa shape index (κ3) is 4.59. The molecule has 1 aromatic rings. The van der Waals surface area contributed by atoms with E-state index < -0.39 is 29.2 Å². The van der Waals surface area contributed by atoms with E-state index in [9.17, 15) is 19.5 Å². The smallest absolute Gasteiger partial charge is 0.314 e. The first kappa shape index (κ1) is 16.7. The summed E-state index contributed by atoms with van der Waals surface area (Å²) in [5.41, 5.74) is 4.28. The van der Waals surface area contributed by atoms with Gasteiger partial charge in [-0.25, -0.2) is 0 Å². The molecule has 0 fully saturated rings. The molecule has 0 aliphatic rings. The quantitative estimate of drug-likeness (QED) is 0.690. The minimum absolute atomic E-state index is 0.0147. The van der Waals surface area contributed by atoms with Gasteiger partial charge in [-0.15, -0.1) is 0 Å². The molecule has 21 heavy (non-hydrogen) atoms. The molecule has 2 amide bonds. The van der Waals surface area contributed by atoms with Crippen molar-refractivity contribution >= 4 is 17.8 Å². The van der Waals surface area contributed by atoms with E-state index in [1.54, 1.807) is 37.3 Å². The third-order valence-electron chi connectivity index (χ3n) is 3.31. The van der Waals surface area contributed by atoms with Crippen molar-refractivity contribution in [3.63, 3.8) is 0 Å². The molecule has 0 heterocycles. The van der Waals surface area contributed by atoms with Crippen LogP contribution in [0.5, 0.6) is 0 Å². The largest absolute Gasteiger partial charge is 0.481 e. The average molecular weight is 292 g/mol. The van der Waals surface area contributed by atoms with E-state index in [1.165, 1.54) is 6.92 Å². The highest BCUT2D eigenvalue weighted by Gasteiger charge is 2.37. The van der Waals surface area contributed by atoms with E-state index >= 15 is 0 Å². The summed E-state index contributed by atoms with van der Waals surface area (Å²) in [4.78, 5) is 34.4. The summed E-state index contributed by atoms with van der Waals surface area (Å²) in [6, 6.07) is 8.15. The van der Waals surface area contributed by atoms with E-state index in [0.717, 1.165) is 0 Å². The Labute approximate surface area is 123 Å². The summed E-state index contributed by atoms with van der Waals surface area (Å²) in [5.74, 6) is -2.03. The Morgan fingerprint density at radius 2 is 1.86 bits per heavy atom. The summed E-state index contributed by atoms with van der Waals surface area (Å²) in [6.45, 7) is 3.15. The second kappa shape index (κ2) is 6.88. The molecule has 1 rings (SSSR count). The predicted octanol–water partition coefficient (Wildman–Crippen LogP) is 0.799. The molecule has 0 bridgehead atoms. The Kier molecular flexibility index (Phi) is 5.46. The van der Waals surface area contributed by atoms with Crippen molar-refractivity contribution in [1.29, 1.82) is 0 Å². The fraction of sp³-hybridized carbons (Fsp3) is 0.400. The highest BCUT2D eigenvalue weighted by atomic mass is 16.4. The van der Waals surface area contributed by atoms with Crippen LogP contribution in [0.15, 0.2) is 30.3 Å². The van der Waals surface area contributed by atoms with E-state index in [2.05, 4.69) is 5.32 Å². The number of nitrogens with two attached hydrogens (primary N) is 1. The minimum atomic E-state index is -1.32. The fourth-order valence-corrected chi connectivity index (χ4v) is 2.11. The molecule has 0 spiro atoms. The Balaban J connectivity index is 2.82. The molecule has 0 saturated heterocycles. The zero-order chi connectivity index (χ0) is 16.0. The maximum Gasteiger partial charge on any atom is 0.314 e. The lowest BCUT2D eigenvalue weighted by atomic mass is 9.79. The molecular weight excluding hydrogens is 272 g/mol. The topological polar surface area (TPSA) is 109 Å². The maximum atomic E-state index is 12.0. The normalized spacial score (nSPS) is 14.8. The van der Waals surface area contributed by atoms with Crippen LogP contribution in [0.1, 0.15) is 32.3 Å². The van der Waals surface area contributed by atoms with Crippen LogP contribution in [0.4, 0.5) is 0 Å². The molecule has 0 saturated carbocycles. The molecule has 1 aromatic carbocycles. The average Bonchev–Trinajstić information content (AvgIpc) is 2.37. The van der Waals surface area contributed by atoms with Crippen molar-refractivity contribution in [3.8, 4) is 0 Å². The van der Waals surface area contributed by atoms with E-state index in [0.29, 0.717) is 5.56 Å². The molecule has 2 unspecified atom stereocenters. The SMILES string of the molecule is CC(CC(N)=O)NC(=O)CC(C)(C(=O)O)c1ccccc1. The van der Waals surface area contributed by atoms with Gasteiger partial charge in [0.15, 0.2) is 0 Å². The maximum absolute atomic E-state index is 12.0. The Morgan fingerprint density at radius 1 is 1.29 bits per heavy atom. The predicted molar refractivity (Wildman–Crippen MR) is 77.5 cm³/mol. The molecular formula is C15H20N2O4. The molecule has 2 atom stereocenters. The zero-order valence-electron chi connectivity index (χ0n) is 12.1. The number of rotatable bonds is 7. The number of hydrogen-bond acceptors (Lipinski definition) is 3. The van der Waals surface area contributed by atoms with E-state index in [-0.39, 0.29) is 12.8 Å². The van der Waals surface area contributed by atoms with Crippen molar-refractivity contribution < 1.29 is 19.5 Å². The lowest BCUT2D eigenvalue weighted by molar-refractivity contribution is -0.145. The van der Waals surface area contributed by atoms with Gasteiger partial charge in [-0.05, 0) is 19.4 Å². The number of benzene rings is 1. The highest BCUT2D eigenvalue weighted by Crippen LogP contribution is 2.28. The van der Waals surface area contributed by atoms with Crippen molar-refractivity contribution in [2.45, 2.75) is 38.1 Å². The zero-order valence-corrected chi connectivity index (χ0v) is 12.1. The van der Waals surface area contributed by atoms with Gasteiger partial charge in [0, 0.05) is 18.9 Å². The van der Waals surface area contributed by atoms with Gasteiger partial charge in [0.1, 0.15) is 0 Å². The number of aliphatic carboxylic acids is 1. The van der Waals surface area contributed by atoms with Gasteiger partial charge >= 0.3 is 5.97 Å². The van der Waals surface area contributed by atoms with Crippen molar-refractivity contribution in [3.05, 3.63) is 35.9 Å². The van der Waals surface area contributed by atoms with Gasteiger partial charge in [-0.3, -0.25) is 14.4 Å². The standard InChI is InChI=1S/C15H20N2O4/c1-10(8-12(16)18)17-13(19)9-15(2,14(20)21)11-6-4-3-5-7-11/h3-7,10H,8-9H2,1-2H3,(H2,16,18)(H,17,19)(H,20,21). The third-order valence-corrected chi connectivity index (χ3v) is 3.31. The number of nitrogens with one attached hydrogen (secondary N) is 1. The highest BCUT2D eigenvalue weighted by molar-refractivity contribution is 5.89. The van der Waals surface area contributed by atoms with Crippen LogP contribution >= 0.6 is 0 Å². The number of carboxylic acids is 1. The van der Waals surface area contributed by atoms with Gasteiger partial charge in [0.2, 0.25) is 11.8 Å². The second-order valence-corrected chi connectivity index (χ2v) is 5.32. The molecule has 114 valence electrons. The monoisotopic (exact) mass is 292 g/mol. The lowest BCUT2D eigenvalue weighted by Crippen LogP contribution is -2.42. The lowest BCUT2D eigenvalue weighted by Gasteiger charge is -2.25. The molecule has 0 radical (unpaired) electrons. The number of carbonyl (C=O) groups is 3. The number of primary amides is 1. The van der Waals surface area contributed by atoms with E-state index in [4.69, 9.17) is 5.73 Å². The summed E-state index contributed by atoms with van der Waals surface area (Å²) in [7, 11) is 0. The van der Waals surface area contributed by atoms with Crippen LogP contribution < -0.4 is 11.1 Å². The summed E-state index contributed by atoms with van der Waals surface area (Å²) in [5, 5.41) is 12.0. The first-order chi connectivity index (χ1) is 9.75. The summed E-state index contributed by atoms with van der Waals surface area (Å²) in [6.07, 6.45) is -0.198. The first-order valence-electron chi connectivity index (χ1n) is 6.62. The number of amides is 2. The Bertz CT molecular complexity index is 530. The molecule has 0 aliphatic heterocycles. The Hall–Kier alpha value is -2.37. The van der Waals surface area contributed by atoms with Crippen LogP contribution in [0, 0.1) is 0 Å². The first-order valence-corrected chi connectivity index (χ1v) is 6.62. The molecule has 0 aromatic heterocycles. The molecule has 6 heteroatoms. The van der Waals surface area contributed by atoms with Crippen LogP contribution in [0.25, 0.3) is 0 Å². The van der Waals surface area contributed by atoms with Crippen LogP contribution in [0.3, 0.4) is 0 Å². The summed E-state index contributed by atoms with van der Waals surface area (Å²) >= 11 is 0. The van der Waals surface area contributed by atoms with Gasteiger partial charge in [-0.1, -0.05) is 30.3 Å².